The summed E-state index contributed by atoms with van der Waals surface area (Å²) >= 11 is 0. The number of benzene rings is 1. The van der Waals surface area contributed by atoms with Crippen LogP contribution in [0.25, 0.3) is 0 Å². The summed E-state index contributed by atoms with van der Waals surface area (Å²) in [6.45, 7) is 6.66. The van der Waals surface area contributed by atoms with E-state index in [2.05, 4.69) is 12.2 Å². The van der Waals surface area contributed by atoms with Gasteiger partial charge in [0, 0.05) is 17.6 Å². The van der Waals surface area contributed by atoms with Crippen LogP contribution >= 0.6 is 0 Å². The summed E-state index contributed by atoms with van der Waals surface area (Å²) in [4.78, 5) is 0. The lowest BCUT2D eigenvalue weighted by Crippen LogP contribution is -2.45. The molecule has 96 valence electrons. The SMILES string of the molecule is CCCC(C)(CO)NCc1cccc(C)c1O. The quantitative estimate of drug-likeness (QED) is 0.712. The van der Waals surface area contributed by atoms with Crippen molar-refractivity contribution < 1.29 is 10.2 Å². The molecular weight excluding hydrogens is 214 g/mol. The summed E-state index contributed by atoms with van der Waals surface area (Å²) in [5.74, 6) is 0.344. The Bertz CT molecular complexity index is 365. The van der Waals surface area contributed by atoms with Crippen LogP contribution in [0.3, 0.4) is 0 Å². The van der Waals surface area contributed by atoms with Crippen molar-refractivity contribution >= 4 is 0 Å². The highest BCUT2D eigenvalue weighted by Gasteiger charge is 2.21. The molecule has 0 radical (unpaired) electrons. The smallest absolute Gasteiger partial charge is 0.122 e. The highest BCUT2D eigenvalue weighted by molar-refractivity contribution is 5.39. The van der Waals surface area contributed by atoms with E-state index in [1.54, 1.807) is 0 Å². The standard InChI is InChI=1S/C14H23NO2/c1-4-8-14(3,10-16)15-9-12-7-5-6-11(2)13(12)17/h5-7,15-17H,4,8-10H2,1-3H3. The monoisotopic (exact) mass is 237 g/mol. The van der Waals surface area contributed by atoms with Crippen LogP contribution in [-0.2, 0) is 6.54 Å². The van der Waals surface area contributed by atoms with E-state index in [1.165, 1.54) is 0 Å². The van der Waals surface area contributed by atoms with Crippen LogP contribution in [-0.4, -0.2) is 22.4 Å². The number of hydrogen-bond donors (Lipinski definition) is 3. The summed E-state index contributed by atoms with van der Waals surface area (Å²) in [5.41, 5.74) is 1.48. The van der Waals surface area contributed by atoms with E-state index in [0.717, 1.165) is 24.0 Å². The van der Waals surface area contributed by atoms with Crippen molar-refractivity contribution in [1.82, 2.24) is 5.32 Å². The van der Waals surface area contributed by atoms with Gasteiger partial charge in [0.05, 0.1) is 6.61 Å². The van der Waals surface area contributed by atoms with E-state index in [1.807, 2.05) is 32.0 Å². The third kappa shape index (κ3) is 3.72. The Labute approximate surface area is 103 Å². The predicted molar refractivity (Wildman–Crippen MR) is 70.1 cm³/mol. The first kappa shape index (κ1) is 14.0. The summed E-state index contributed by atoms with van der Waals surface area (Å²) in [6, 6.07) is 5.72. The number of phenols is 1. The number of nitrogens with one attached hydrogen (secondary N) is 1. The Morgan fingerprint density at radius 3 is 2.65 bits per heavy atom. The molecule has 17 heavy (non-hydrogen) atoms. The van der Waals surface area contributed by atoms with E-state index in [0.29, 0.717) is 12.3 Å². The Hall–Kier alpha value is -1.06. The first-order valence-electron chi connectivity index (χ1n) is 6.16. The normalized spacial score (nSPS) is 14.6. The highest BCUT2D eigenvalue weighted by Crippen LogP contribution is 2.22. The Balaban J connectivity index is 2.69. The maximum atomic E-state index is 9.89. The van der Waals surface area contributed by atoms with Gasteiger partial charge in [-0.05, 0) is 25.8 Å². The minimum Gasteiger partial charge on any atom is -0.507 e. The van der Waals surface area contributed by atoms with Gasteiger partial charge in [-0.25, -0.2) is 0 Å². The molecule has 0 heterocycles. The van der Waals surface area contributed by atoms with Crippen LogP contribution in [0.4, 0.5) is 0 Å². The van der Waals surface area contributed by atoms with Gasteiger partial charge in [-0.15, -0.1) is 0 Å². The van der Waals surface area contributed by atoms with Crippen molar-refractivity contribution in [2.75, 3.05) is 6.61 Å². The van der Waals surface area contributed by atoms with Gasteiger partial charge in [-0.1, -0.05) is 31.5 Å². The van der Waals surface area contributed by atoms with Crippen molar-refractivity contribution in [3.05, 3.63) is 29.3 Å². The fourth-order valence-corrected chi connectivity index (χ4v) is 1.95. The zero-order valence-electron chi connectivity index (χ0n) is 11.0. The molecule has 0 aliphatic carbocycles. The number of hydrogen-bond acceptors (Lipinski definition) is 3. The Morgan fingerprint density at radius 1 is 1.35 bits per heavy atom. The van der Waals surface area contributed by atoms with Crippen molar-refractivity contribution in [1.29, 1.82) is 0 Å². The first-order valence-corrected chi connectivity index (χ1v) is 6.16. The van der Waals surface area contributed by atoms with Crippen LogP contribution in [0.1, 0.15) is 37.8 Å². The third-order valence-electron chi connectivity index (χ3n) is 3.18. The minimum atomic E-state index is -0.273. The Morgan fingerprint density at radius 2 is 2.06 bits per heavy atom. The molecule has 3 N–H and O–H groups in total. The van der Waals surface area contributed by atoms with Gasteiger partial charge in [0.1, 0.15) is 5.75 Å². The second-order valence-electron chi connectivity index (χ2n) is 4.90. The van der Waals surface area contributed by atoms with Crippen LogP contribution in [0, 0.1) is 6.92 Å². The number of aliphatic hydroxyl groups is 1. The zero-order chi connectivity index (χ0) is 12.9. The second-order valence-corrected chi connectivity index (χ2v) is 4.90. The van der Waals surface area contributed by atoms with Gasteiger partial charge >= 0.3 is 0 Å². The summed E-state index contributed by atoms with van der Waals surface area (Å²) in [7, 11) is 0. The van der Waals surface area contributed by atoms with Gasteiger partial charge in [-0.2, -0.15) is 0 Å². The molecule has 0 aromatic heterocycles. The van der Waals surface area contributed by atoms with E-state index < -0.39 is 0 Å². The topological polar surface area (TPSA) is 52.5 Å². The summed E-state index contributed by atoms with van der Waals surface area (Å²) in [5, 5.41) is 22.6. The van der Waals surface area contributed by atoms with Crippen LogP contribution < -0.4 is 5.32 Å². The van der Waals surface area contributed by atoms with Gasteiger partial charge in [0.25, 0.3) is 0 Å². The maximum absolute atomic E-state index is 9.89. The molecule has 0 amide bonds. The van der Waals surface area contributed by atoms with Crippen molar-refractivity contribution in [2.24, 2.45) is 0 Å². The molecule has 0 aliphatic rings. The number of aromatic hydroxyl groups is 1. The van der Waals surface area contributed by atoms with Crippen molar-refractivity contribution in [3.63, 3.8) is 0 Å². The number of rotatable bonds is 6. The molecule has 0 aliphatic heterocycles. The van der Waals surface area contributed by atoms with Crippen molar-refractivity contribution in [2.45, 2.75) is 45.7 Å². The molecule has 1 atom stereocenters. The molecule has 1 aromatic rings. The molecule has 0 spiro atoms. The lowest BCUT2D eigenvalue weighted by Gasteiger charge is -2.28. The lowest BCUT2D eigenvalue weighted by molar-refractivity contribution is 0.163. The Kier molecular flexibility index (Phi) is 4.97. The molecule has 1 unspecified atom stereocenters. The first-order chi connectivity index (χ1) is 8.02. The van der Waals surface area contributed by atoms with E-state index in [-0.39, 0.29) is 12.1 Å². The molecular formula is C14H23NO2. The molecule has 1 rings (SSSR count). The highest BCUT2D eigenvalue weighted by atomic mass is 16.3. The fraction of sp³-hybridized carbons (Fsp3) is 0.571. The molecule has 1 aromatic carbocycles. The fourth-order valence-electron chi connectivity index (χ4n) is 1.95. The van der Waals surface area contributed by atoms with E-state index in [9.17, 15) is 10.2 Å². The number of para-hydroxylation sites is 1. The van der Waals surface area contributed by atoms with Crippen LogP contribution in [0.5, 0.6) is 5.75 Å². The van der Waals surface area contributed by atoms with Crippen molar-refractivity contribution in [3.8, 4) is 5.75 Å². The molecule has 3 nitrogen and oxygen atoms in total. The number of aliphatic hydroxyl groups excluding tert-OH is 1. The summed E-state index contributed by atoms with van der Waals surface area (Å²) < 4.78 is 0. The predicted octanol–water partition coefficient (Wildman–Crippen LogP) is 2.34. The zero-order valence-corrected chi connectivity index (χ0v) is 11.0. The van der Waals surface area contributed by atoms with Crippen LogP contribution in [0.15, 0.2) is 18.2 Å². The number of phenolic OH excluding ortho intramolecular Hbond substituents is 1. The van der Waals surface area contributed by atoms with Gasteiger partial charge in [0.2, 0.25) is 0 Å². The summed E-state index contributed by atoms with van der Waals surface area (Å²) in [6.07, 6.45) is 1.93. The van der Waals surface area contributed by atoms with Gasteiger partial charge in [-0.3, -0.25) is 0 Å². The van der Waals surface area contributed by atoms with Gasteiger partial charge in [0.15, 0.2) is 0 Å². The average molecular weight is 237 g/mol. The van der Waals surface area contributed by atoms with E-state index in [4.69, 9.17) is 0 Å². The second kappa shape index (κ2) is 6.03. The average Bonchev–Trinajstić information content (AvgIpc) is 2.31. The largest absolute Gasteiger partial charge is 0.507 e. The lowest BCUT2D eigenvalue weighted by atomic mass is 9.96. The molecule has 0 fully saturated rings. The van der Waals surface area contributed by atoms with Gasteiger partial charge < -0.3 is 15.5 Å². The number of aryl methyl sites for hydroxylation is 1. The minimum absolute atomic E-state index is 0.105. The maximum Gasteiger partial charge on any atom is 0.122 e. The third-order valence-corrected chi connectivity index (χ3v) is 3.18. The molecule has 0 saturated carbocycles. The molecule has 0 bridgehead atoms. The van der Waals surface area contributed by atoms with E-state index >= 15 is 0 Å². The molecule has 3 heteroatoms. The molecule has 0 saturated heterocycles. The van der Waals surface area contributed by atoms with Crippen LogP contribution in [0.2, 0.25) is 0 Å².